The summed E-state index contributed by atoms with van der Waals surface area (Å²) in [7, 11) is 0. The number of hydrogen-bond donors (Lipinski definition) is 2. The number of rotatable bonds is 8. The number of halogens is 2. The quantitative estimate of drug-likeness (QED) is 0.453. The van der Waals surface area contributed by atoms with Crippen LogP contribution in [0.5, 0.6) is 0 Å². The van der Waals surface area contributed by atoms with Gasteiger partial charge >= 0.3 is 0 Å². The Balaban J connectivity index is 1.38. The highest BCUT2D eigenvalue weighted by Gasteiger charge is 2.25. The maximum atomic E-state index is 12.7. The second-order valence-corrected chi connectivity index (χ2v) is 10.7. The van der Waals surface area contributed by atoms with Crippen molar-refractivity contribution in [1.82, 2.24) is 24.3 Å². The normalized spacial score (nSPS) is 21.8. The number of aromatic nitrogens is 3. The Hall–Kier alpha value is -2.62. The Bertz CT molecular complexity index is 1170. The Labute approximate surface area is 217 Å². The second-order valence-electron chi connectivity index (χ2n) is 10.7. The van der Waals surface area contributed by atoms with Crippen molar-refractivity contribution in [2.24, 2.45) is 0 Å². The van der Waals surface area contributed by atoms with Crippen molar-refractivity contribution in [2.75, 3.05) is 38.0 Å². The summed E-state index contributed by atoms with van der Waals surface area (Å²) in [6.45, 7) is 9.38. The average Bonchev–Trinajstić information content (AvgIpc) is 3.27. The fraction of sp³-hybridized carbons (Fsp3) is 0.571. The molecular formula is C28H38F2N6O. The Kier molecular flexibility index (Phi) is 8.02. The number of benzene rings is 1. The van der Waals surface area contributed by atoms with Gasteiger partial charge < -0.3 is 15.0 Å². The number of anilines is 1. The second kappa shape index (κ2) is 11.4. The van der Waals surface area contributed by atoms with E-state index in [1.54, 1.807) is 6.20 Å². The predicted molar refractivity (Wildman–Crippen MR) is 143 cm³/mol. The minimum absolute atomic E-state index is 0.210. The summed E-state index contributed by atoms with van der Waals surface area (Å²) in [4.78, 5) is 14.0. The van der Waals surface area contributed by atoms with Crippen LogP contribution in [0.15, 0.2) is 36.7 Å². The van der Waals surface area contributed by atoms with Crippen molar-refractivity contribution < 1.29 is 13.9 Å². The lowest BCUT2D eigenvalue weighted by molar-refractivity contribution is 0.104. The molecule has 1 aromatic carbocycles. The van der Waals surface area contributed by atoms with E-state index in [1.165, 1.54) is 5.56 Å². The molecule has 1 saturated carbocycles. The summed E-state index contributed by atoms with van der Waals surface area (Å²) in [5, 5.41) is 13.5. The molecule has 2 aliphatic rings. The molecule has 5 rings (SSSR count). The van der Waals surface area contributed by atoms with Gasteiger partial charge in [0.15, 0.2) is 0 Å². The van der Waals surface area contributed by atoms with Crippen molar-refractivity contribution in [3.63, 3.8) is 0 Å². The lowest BCUT2D eigenvalue weighted by Crippen LogP contribution is -2.48. The Morgan fingerprint density at radius 3 is 2.38 bits per heavy atom. The molecule has 7 nitrogen and oxygen atoms in total. The maximum absolute atomic E-state index is 12.7. The maximum Gasteiger partial charge on any atom is 0.255 e. The first kappa shape index (κ1) is 26.0. The van der Waals surface area contributed by atoms with E-state index in [1.807, 2.05) is 0 Å². The molecule has 2 N–H and O–H groups in total. The number of fused-ring (bicyclic) bond motifs is 1. The van der Waals surface area contributed by atoms with Crippen molar-refractivity contribution in [1.29, 1.82) is 0 Å². The molecule has 200 valence electrons. The highest BCUT2D eigenvalue weighted by atomic mass is 19.3. The number of nitrogens with zero attached hydrogens (tertiary/aromatic N) is 5. The van der Waals surface area contributed by atoms with Crippen LogP contribution in [0.2, 0.25) is 0 Å². The minimum Gasteiger partial charge on any atom is -0.393 e. The molecule has 0 radical (unpaired) electrons. The van der Waals surface area contributed by atoms with Gasteiger partial charge in [0, 0.05) is 68.2 Å². The molecule has 0 atom stereocenters. The Morgan fingerprint density at radius 2 is 1.73 bits per heavy atom. The zero-order valence-electron chi connectivity index (χ0n) is 21.8. The fourth-order valence-electron chi connectivity index (χ4n) is 5.61. The third-order valence-electron chi connectivity index (χ3n) is 7.85. The topological polar surface area (TPSA) is 69.5 Å². The lowest BCUT2D eigenvalue weighted by Gasteiger charge is -2.36. The summed E-state index contributed by atoms with van der Waals surface area (Å²) in [5.41, 5.74) is 4.17. The molecule has 0 unspecified atom stereocenters. The third kappa shape index (κ3) is 6.10. The average molecular weight is 513 g/mol. The van der Waals surface area contributed by atoms with E-state index in [-0.39, 0.29) is 18.1 Å². The van der Waals surface area contributed by atoms with Crippen LogP contribution in [-0.2, 0) is 6.54 Å². The monoisotopic (exact) mass is 512 g/mol. The summed E-state index contributed by atoms with van der Waals surface area (Å²) in [6.07, 6.45) is 4.35. The Morgan fingerprint density at radius 1 is 1.03 bits per heavy atom. The third-order valence-corrected chi connectivity index (χ3v) is 7.85. The number of aliphatic hydroxyl groups excluding tert-OH is 1. The molecule has 3 aromatic rings. The first-order chi connectivity index (χ1) is 17.9. The summed E-state index contributed by atoms with van der Waals surface area (Å²) in [5.74, 6) is 0.211. The molecule has 1 aliphatic heterocycles. The lowest BCUT2D eigenvalue weighted by atomic mass is 9.93. The number of aliphatic hydroxyl groups is 1. The van der Waals surface area contributed by atoms with Gasteiger partial charge in [-0.25, -0.2) is 13.8 Å². The van der Waals surface area contributed by atoms with Gasteiger partial charge in [-0.2, -0.15) is 4.98 Å². The van der Waals surface area contributed by atoms with E-state index in [4.69, 9.17) is 0 Å². The predicted octanol–water partition coefficient (Wildman–Crippen LogP) is 4.78. The van der Waals surface area contributed by atoms with Gasteiger partial charge in [-0.15, -0.1) is 0 Å². The standard InChI is InChI=1S/C28H38F2N6O/c1-19(2)35-13-11-34(12-14-35)17-20-3-5-21(6-4-20)25-18-36(22-7-9-23(37)10-8-22)27-24(25)15-31-28(33-27)32-16-26(29)30/h3-6,15,18-19,22-23,26,37H,7-14,16-17H2,1-2H3,(H,31,32,33). The van der Waals surface area contributed by atoms with Crippen LogP contribution in [0, 0.1) is 0 Å². The number of hydrogen-bond acceptors (Lipinski definition) is 6. The zero-order valence-corrected chi connectivity index (χ0v) is 21.8. The first-order valence-corrected chi connectivity index (χ1v) is 13.5. The van der Waals surface area contributed by atoms with Gasteiger partial charge in [-0.05, 0) is 50.7 Å². The van der Waals surface area contributed by atoms with E-state index >= 15 is 0 Å². The van der Waals surface area contributed by atoms with Crippen molar-refractivity contribution >= 4 is 17.0 Å². The smallest absolute Gasteiger partial charge is 0.255 e. The van der Waals surface area contributed by atoms with Gasteiger partial charge in [-0.1, -0.05) is 24.3 Å². The van der Waals surface area contributed by atoms with Gasteiger partial charge in [0.2, 0.25) is 5.95 Å². The van der Waals surface area contributed by atoms with Crippen LogP contribution in [0.4, 0.5) is 14.7 Å². The van der Waals surface area contributed by atoms with Crippen LogP contribution in [0.25, 0.3) is 22.2 Å². The molecule has 0 spiro atoms. The van der Waals surface area contributed by atoms with E-state index < -0.39 is 13.0 Å². The molecule has 2 fully saturated rings. The van der Waals surface area contributed by atoms with E-state index in [0.29, 0.717) is 6.04 Å². The zero-order chi connectivity index (χ0) is 25.9. The molecule has 9 heteroatoms. The molecule has 37 heavy (non-hydrogen) atoms. The van der Waals surface area contributed by atoms with Gasteiger partial charge in [0.05, 0.1) is 12.6 Å². The van der Waals surface area contributed by atoms with E-state index in [9.17, 15) is 13.9 Å². The largest absolute Gasteiger partial charge is 0.393 e. The van der Waals surface area contributed by atoms with Crippen LogP contribution in [0.1, 0.15) is 51.1 Å². The molecule has 0 bridgehead atoms. The molecular weight excluding hydrogens is 474 g/mol. The SMILES string of the molecule is CC(C)N1CCN(Cc2ccc(-c3cn(C4CCC(O)CC4)c4nc(NCC(F)F)ncc34)cc2)CC1. The van der Waals surface area contributed by atoms with Gasteiger partial charge in [0.1, 0.15) is 5.65 Å². The highest BCUT2D eigenvalue weighted by molar-refractivity contribution is 5.94. The molecule has 1 aliphatic carbocycles. The van der Waals surface area contributed by atoms with Gasteiger partial charge in [0.25, 0.3) is 6.43 Å². The van der Waals surface area contributed by atoms with Crippen LogP contribution < -0.4 is 5.32 Å². The first-order valence-electron chi connectivity index (χ1n) is 13.5. The minimum atomic E-state index is -2.47. The van der Waals surface area contributed by atoms with Crippen molar-refractivity contribution in [2.45, 2.75) is 70.7 Å². The number of piperazine rings is 1. The van der Waals surface area contributed by atoms with E-state index in [2.05, 4.69) is 74.0 Å². The van der Waals surface area contributed by atoms with Crippen molar-refractivity contribution in [3.05, 3.63) is 42.2 Å². The molecule has 0 amide bonds. The fourth-order valence-corrected chi connectivity index (χ4v) is 5.61. The molecule has 2 aromatic heterocycles. The van der Waals surface area contributed by atoms with E-state index in [0.717, 1.165) is 80.6 Å². The molecule has 1 saturated heterocycles. The summed E-state index contributed by atoms with van der Waals surface area (Å²) < 4.78 is 27.6. The van der Waals surface area contributed by atoms with Crippen LogP contribution >= 0.6 is 0 Å². The molecule has 3 heterocycles. The summed E-state index contributed by atoms with van der Waals surface area (Å²) >= 11 is 0. The van der Waals surface area contributed by atoms with Crippen LogP contribution in [-0.4, -0.2) is 80.7 Å². The number of alkyl halides is 2. The van der Waals surface area contributed by atoms with Crippen molar-refractivity contribution in [3.8, 4) is 11.1 Å². The van der Waals surface area contributed by atoms with Crippen LogP contribution in [0.3, 0.4) is 0 Å². The summed E-state index contributed by atoms with van der Waals surface area (Å²) in [6, 6.07) is 9.52. The number of nitrogens with one attached hydrogen (secondary N) is 1. The van der Waals surface area contributed by atoms with Gasteiger partial charge in [-0.3, -0.25) is 9.80 Å². The highest BCUT2D eigenvalue weighted by Crippen LogP contribution is 2.36.